The van der Waals surface area contributed by atoms with Crippen molar-refractivity contribution in [2.75, 3.05) is 19.9 Å². The Morgan fingerprint density at radius 1 is 1.43 bits per heavy atom. The van der Waals surface area contributed by atoms with E-state index < -0.39 is 5.54 Å². The standard InChI is InChI=1S/C14H17N3O2S2/c1-15-14(12(18)19-2,11-6-4-3-5-7-11)8-9-20-13-16-10-17-21-13/h3-7,10,15H,8-9H2,1-2H3. The van der Waals surface area contributed by atoms with E-state index in [1.165, 1.54) is 25.0 Å². The van der Waals surface area contributed by atoms with Gasteiger partial charge in [0.2, 0.25) is 0 Å². The van der Waals surface area contributed by atoms with E-state index in [0.717, 1.165) is 15.7 Å². The summed E-state index contributed by atoms with van der Waals surface area (Å²) in [6.07, 6.45) is 2.14. The molecule has 0 fully saturated rings. The van der Waals surface area contributed by atoms with E-state index in [9.17, 15) is 4.79 Å². The molecule has 0 aliphatic carbocycles. The number of nitrogens with zero attached hydrogens (tertiary/aromatic N) is 2. The molecule has 21 heavy (non-hydrogen) atoms. The van der Waals surface area contributed by atoms with Gasteiger partial charge in [0.15, 0.2) is 4.34 Å². The lowest BCUT2D eigenvalue weighted by Crippen LogP contribution is -2.48. The second kappa shape index (κ2) is 7.53. The van der Waals surface area contributed by atoms with E-state index in [1.807, 2.05) is 30.3 Å². The van der Waals surface area contributed by atoms with Crippen LogP contribution in [0.3, 0.4) is 0 Å². The fourth-order valence-electron chi connectivity index (χ4n) is 2.15. The second-order valence-corrected chi connectivity index (χ2v) is 6.44. The molecule has 1 aromatic carbocycles. The fraction of sp³-hybridized carbons (Fsp3) is 0.357. The monoisotopic (exact) mass is 323 g/mol. The van der Waals surface area contributed by atoms with Gasteiger partial charge in [0.25, 0.3) is 0 Å². The Kier molecular flexibility index (Phi) is 5.72. The van der Waals surface area contributed by atoms with Crippen molar-refractivity contribution in [2.24, 2.45) is 0 Å². The van der Waals surface area contributed by atoms with E-state index in [2.05, 4.69) is 14.7 Å². The number of aromatic nitrogens is 2. The third kappa shape index (κ3) is 3.61. The number of carbonyl (C=O) groups is 1. The van der Waals surface area contributed by atoms with Gasteiger partial charge in [-0.2, -0.15) is 4.37 Å². The van der Waals surface area contributed by atoms with Crippen LogP contribution >= 0.6 is 23.3 Å². The van der Waals surface area contributed by atoms with Crippen LogP contribution in [0.5, 0.6) is 0 Å². The minimum atomic E-state index is -0.840. The molecule has 1 aromatic heterocycles. The third-order valence-corrected chi connectivity index (χ3v) is 5.07. The summed E-state index contributed by atoms with van der Waals surface area (Å²) in [4.78, 5) is 16.5. The van der Waals surface area contributed by atoms with Crippen LogP contribution < -0.4 is 5.32 Å². The van der Waals surface area contributed by atoms with Gasteiger partial charge in [0.05, 0.1) is 7.11 Å². The highest BCUT2D eigenvalue weighted by atomic mass is 32.2. The first-order chi connectivity index (χ1) is 10.2. The average Bonchev–Trinajstić information content (AvgIpc) is 3.05. The van der Waals surface area contributed by atoms with Crippen LogP contribution in [0, 0.1) is 0 Å². The zero-order chi connectivity index (χ0) is 15.1. The highest BCUT2D eigenvalue weighted by Crippen LogP contribution is 2.30. The SMILES string of the molecule is CNC(CCSc1ncns1)(C(=O)OC)c1ccccc1. The molecule has 0 aliphatic heterocycles. The molecule has 5 nitrogen and oxygen atoms in total. The molecule has 1 atom stereocenters. The zero-order valence-electron chi connectivity index (χ0n) is 11.9. The molecule has 1 unspecified atom stereocenters. The number of ether oxygens (including phenoxy) is 1. The Hall–Kier alpha value is -1.44. The average molecular weight is 323 g/mol. The van der Waals surface area contributed by atoms with Crippen molar-refractivity contribution in [1.29, 1.82) is 0 Å². The summed E-state index contributed by atoms with van der Waals surface area (Å²) in [7, 11) is 3.19. The Morgan fingerprint density at radius 2 is 2.19 bits per heavy atom. The second-order valence-electron chi connectivity index (χ2n) is 4.32. The Labute approximate surface area is 132 Å². The minimum absolute atomic E-state index is 0.283. The Balaban J connectivity index is 2.17. The number of benzene rings is 1. The lowest BCUT2D eigenvalue weighted by molar-refractivity contribution is -0.149. The van der Waals surface area contributed by atoms with Gasteiger partial charge in [-0.25, -0.2) is 9.78 Å². The molecule has 0 amide bonds. The third-order valence-electron chi connectivity index (χ3n) is 3.27. The summed E-state index contributed by atoms with van der Waals surface area (Å²) >= 11 is 2.95. The van der Waals surface area contributed by atoms with Gasteiger partial charge in [0, 0.05) is 5.75 Å². The normalized spacial score (nSPS) is 13.6. The lowest BCUT2D eigenvalue weighted by atomic mass is 9.87. The molecule has 7 heteroatoms. The number of thioether (sulfide) groups is 1. The molecule has 0 saturated heterocycles. The number of carbonyl (C=O) groups excluding carboxylic acids is 1. The summed E-state index contributed by atoms with van der Waals surface area (Å²) in [5.41, 5.74) is 0.0606. The van der Waals surface area contributed by atoms with E-state index in [4.69, 9.17) is 4.74 Å². The first-order valence-electron chi connectivity index (χ1n) is 6.45. The molecule has 1 N–H and O–H groups in total. The van der Waals surface area contributed by atoms with Crippen LogP contribution in [0.1, 0.15) is 12.0 Å². The number of methoxy groups -OCH3 is 1. The summed E-state index contributed by atoms with van der Waals surface area (Å²) in [6.45, 7) is 0. The molecule has 0 saturated carbocycles. The van der Waals surface area contributed by atoms with Crippen molar-refractivity contribution in [3.8, 4) is 0 Å². The van der Waals surface area contributed by atoms with Crippen molar-refractivity contribution >= 4 is 29.3 Å². The van der Waals surface area contributed by atoms with Gasteiger partial charge in [0.1, 0.15) is 11.9 Å². The molecule has 0 radical (unpaired) electrons. The number of likely N-dealkylation sites (N-methyl/N-ethyl adjacent to an activating group) is 1. The van der Waals surface area contributed by atoms with Crippen molar-refractivity contribution in [3.63, 3.8) is 0 Å². The molecule has 0 bridgehead atoms. The smallest absolute Gasteiger partial charge is 0.330 e. The predicted molar refractivity (Wildman–Crippen MR) is 84.4 cm³/mol. The van der Waals surface area contributed by atoms with E-state index >= 15 is 0 Å². The van der Waals surface area contributed by atoms with Crippen molar-refractivity contribution in [2.45, 2.75) is 16.3 Å². The quantitative estimate of drug-likeness (QED) is 0.623. The van der Waals surface area contributed by atoms with Crippen LogP contribution in [0.25, 0.3) is 0 Å². The molecule has 0 spiro atoms. The van der Waals surface area contributed by atoms with E-state index in [-0.39, 0.29) is 5.97 Å². The number of rotatable bonds is 7. The number of esters is 1. The maximum Gasteiger partial charge on any atom is 0.330 e. The number of hydrogen-bond donors (Lipinski definition) is 1. The molecule has 112 valence electrons. The van der Waals surface area contributed by atoms with Crippen LogP contribution in [0.4, 0.5) is 0 Å². The van der Waals surface area contributed by atoms with Gasteiger partial charge in [-0.05, 0) is 30.6 Å². The van der Waals surface area contributed by atoms with E-state index in [0.29, 0.717) is 6.42 Å². The van der Waals surface area contributed by atoms with Crippen molar-refractivity contribution in [3.05, 3.63) is 42.2 Å². The highest BCUT2D eigenvalue weighted by molar-refractivity contribution is 8.00. The van der Waals surface area contributed by atoms with Crippen molar-refractivity contribution in [1.82, 2.24) is 14.7 Å². The largest absolute Gasteiger partial charge is 0.467 e. The Morgan fingerprint density at radius 3 is 2.76 bits per heavy atom. The van der Waals surface area contributed by atoms with Crippen LogP contribution in [-0.4, -0.2) is 35.2 Å². The summed E-state index contributed by atoms with van der Waals surface area (Å²) < 4.78 is 9.88. The zero-order valence-corrected chi connectivity index (χ0v) is 13.5. The minimum Gasteiger partial charge on any atom is -0.467 e. The van der Waals surface area contributed by atoms with Gasteiger partial charge in [-0.1, -0.05) is 42.1 Å². The van der Waals surface area contributed by atoms with Crippen LogP contribution in [-0.2, 0) is 15.1 Å². The van der Waals surface area contributed by atoms with E-state index in [1.54, 1.807) is 18.8 Å². The molecule has 2 aromatic rings. The molecule has 0 aliphatic rings. The lowest BCUT2D eigenvalue weighted by Gasteiger charge is -2.31. The predicted octanol–water partition coefficient (Wildman–Crippen LogP) is 2.31. The molecular weight excluding hydrogens is 306 g/mol. The van der Waals surface area contributed by atoms with Gasteiger partial charge >= 0.3 is 5.97 Å². The summed E-state index contributed by atoms with van der Waals surface area (Å²) in [5.74, 6) is 0.453. The van der Waals surface area contributed by atoms with Crippen LogP contribution in [0.2, 0.25) is 0 Å². The molecule has 2 rings (SSSR count). The van der Waals surface area contributed by atoms with Gasteiger partial charge in [-0.15, -0.1) is 0 Å². The summed E-state index contributed by atoms with van der Waals surface area (Å²) in [5, 5.41) is 3.14. The van der Waals surface area contributed by atoms with Crippen molar-refractivity contribution < 1.29 is 9.53 Å². The van der Waals surface area contributed by atoms with Gasteiger partial charge in [-0.3, -0.25) is 0 Å². The van der Waals surface area contributed by atoms with Crippen LogP contribution in [0.15, 0.2) is 41.0 Å². The highest BCUT2D eigenvalue weighted by Gasteiger charge is 2.39. The van der Waals surface area contributed by atoms with Gasteiger partial charge < -0.3 is 10.1 Å². The molecule has 1 heterocycles. The Bertz CT molecular complexity index is 563. The fourth-order valence-corrected chi connectivity index (χ4v) is 3.72. The number of nitrogens with one attached hydrogen (secondary N) is 1. The maximum atomic E-state index is 12.3. The number of hydrogen-bond acceptors (Lipinski definition) is 7. The molecular formula is C14H17N3O2S2. The maximum absolute atomic E-state index is 12.3. The summed E-state index contributed by atoms with van der Waals surface area (Å²) in [6, 6.07) is 9.63. The topological polar surface area (TPSA) is 64.1 Å². The first kappa shape index (κ1) is 15.9. The first-order valence-corrected chi connectivity index (χ1v) is 8.21.